The molecule has 0 spiro atoms. The van der Waals surface area contributed by atoms with Crippen LogP contribution >= 0.6 is 24.8 Å². The Balaban J connectivity index is 0. The highest BCUT2D eigenvalue weighted by Crippen LogP contribution is 2.22. The number of aliphatic hydroxyl groups is 1. The standard InChI is InChI=1S/C13H22N2O2.2ClH/c1-9(2)15-7-11(16)8-17-13-6-10(3)4-5-12(13)14;;/h4-6,9,11,15-16H,7-8,14H2,1-3H3;2*1H. The normalized spacial score (nSPS) is 11.4. The first-order valence-electron chi connectivity index (χ1n) is 5.89. The van der Waals surface area contributed by atoms with Gasteiger partial charge in [-0.25, -0.2) is 0 Å². The first-order valence-corrected chi connectivity index (χ1v) is 5.89. The highest BCUT2D eigenvalue weighted by Gasteiger charge is 2.07. The summed E-state index contributed by atoms with van der Waals surface area (Å²) in [5.74, 6) is 0.633. The van der Waals surface area contributed by atoms with Gasteiger partial charge in [0.2, 0.25) is 0 Å². The van der Waals surface area contributed by atoms with Gasteiger partial charge in [-0.2, -0.15) is 0 Å². The molecule has 1 rings (SSSR count). The second-order valence-corrected chi connectivity index (χ2v) is 4.57. The summed E-state index contributed by atoms with van der Waals surface area (Å²) < 4.78 is 5.50. The third kappa shape index (κ3) is 8.16. The lowest BCUT2D eigenvalue weighted by atomic mass is 10.2. The molecule has 0 bridgehead atoms. The molecule has 0 fully saturated rings. The molecule has 1 unspecified atom stereocenters. The van der Waals surface area contributed by atoms with Crippen LogP contribution in [0.15, 0.2) is 18.2 Å². The summed E-state index contributed by atoms with van der Waals surface area (Å²) in [5, 5.41) is 12.8. The van der Waals surface area contributed by atoms with Crippen molar-refractivity contribution < 1.29 is 9.84 Å². The Hall–Kier alpha value is -0.680. The quantitative estimate of drug-likeness (QED) is 0.704. The maximum atomic E-state index is 9.69. The molecule has 0 aliphatic heterocycles. The Morgan fingerprint density at radius 3 is 2.53 bits per heavy atom. The lowest BCUT2D eigenvalue weighted by molar-refractivity contribution is 0.105. The number of aliphatic hydroxyl groups excluding tert-OH is 1. The summed E-state index contributed by atoms with van der Waals surface area (Å²) in [6.07, 6.45) is -0.530. The average molecular weight is 311 g/mol. The van der Waals surface area contributed by atoms with Crippen LogP contribution in [0, 0.1) is 6.92 Å². The van der Waals surface area contributed by atoms with Gasteiger partial charge in [0, 0.05) is 12.6 Å². The topological polar surface area (TPSA) is 67.5 Å². The summed E-state index contributed by atoms with van der Waals surface area (Å²) in [6.45, 7) is 6.80. The number of hydrogen-bond acceptors (Lipinski definition) is 4. The van der Waals surface area contributed by atoms with Crippen LogP contribution in [0.2, 0.25) is 0 Å². The fourth-order valence-corrected chi connectivity index (χ4v) is 1.38. The van der Waals surface area contributed by atoms with Gasteiger partial charge in [-0.1, -0.05) is 19.9 Å². The van der Waals surface area contributed by atoms with Gasteiger partial charge in [0.1, 0.15) is 18.5 Å². The average Bonchev–Trinajstić information content (AvgIpc) is 2.27. The smallest absolute Gasteiger partial charge is 0.142 e. The van der Waals surface area contributed by atoms with Crippen molar-refractivity contribution in [3.8, 4) is 5.75 Å². The van der Waals surface area contributed by atoms with Crippen molar-refractivity contribution in [3.63, 3.8) is 0 Å². The van der Waals surface area contributed by atoms with E-state index >= 15 is 0 Å². The maximum absolute atomic E-state index is 9.69. The molecule has 6 heteroatoms. The molecule has 4 nitrogen and oxygen atoms in total. The number of nitrogen functional groups attached to an aromatic ring is 1. The van der Waals surface area contributed by atoms with Crippen molar-refractivity contribution in [1.82, 2.24) is 5.32 Å². The summed E-state index contributed by atoms with van der Waals surface area (Å²) in [6, 6.07) is 5.97. The minimum atomic E-state index is -0.530. The van der Waals surface area contributed by atoms with Crippen LogP contribution in [-0.2, 0) is 0 Å². The number of nitrogens with one attached hydrogen (secondary N) is 1. The number of nitrogens with two attached hydrogens (primary N) is 1. The molecular formula is C13H24Cl2N2O2. The Bertz CT molecular complexity index is 362. The molecule has 0 saturated carbocycles. The molecule has 1 aromatic carbocycles. The van der Waals surface area contributed by atoms with Gasteiger partial charge in [-0.05, 0) is 24.6 Å². The second kappa shape index (κ2) is 10.1. The number of aryl methyl sites for hydroxylation is 1. The van der Waals surface area contributed by atoms with Crippen molar-refractivity contribution in [2.45, 2.75) is 32.9 Å². The summed E-state index contributed by atoms with van der Waals surface area (Å²) >= 11 is 0. The van der Waals surface area contributed by atoms with Crippen LogP contribution < -0.4 is 15.8 Å². The minimum Gasteiger partial charge on any atom is -0.489 e. The summed E-state index contributed by atoms with van der Waals surface area (Å²) in [7, 11) is 0. The van der Waals surface area contributed by atoms with E-state index in [4.69, 9.17) is 10.5 Å². The molecule has 19 heavy (non-hydrogen) atoms. The zero-order valence-electron chi connectivity index (χ0n) is 11.6. The predicted octanol–water partition coefficient (Wildman–Crippen LogP) is 2.16. The Kier molecular flexibility index (Phi) is 11.0. The van der Waals surface area contributed by atoms with Gasteiger partial charge in [-0.15, -0.1) is 24.8 Å². The second-order valence-electron chi connectivity index (χ2n) is 4.57. The van der Waals surface area contributed by atoms with E-state index in [0.29, 0.717) is 24.0 Å². The fourth-order valence-electron chi connectivity index (χ4n) is 1.38. The molecule has 1 aromatic rings. The lowest BCUT2D eigenvalue weighted by Gasteiger charge is -2.16. The molecular weight excluding hydrogens is 287 g/mol. The van der Waals surface area contributed by atoms with E-state index in [1.165, 1.54) is 0 Å². The lowest BCUT2D eigenvalue weighted by Crippen LogP contribution is -2.35. The maximum Gasteiger partial charge on any atom is 0.142 e. The van der Waals surface area contributed by atoms with Crippen LogP contribution in [0.4, 0.5) is 5.69 Å². The molecule has 0 amide bonds. The van der Waals surface area contributed by atoms with Crippen molar-refractivity contribution in [1.29, 1.82) is 0 Å². The van der Waals surface area contributed by atoms with Gasteiger partial charge < -0.3 is 20.9 Å². The molecule has 112 valence electrons. The van der Waals surface area contributed by atoms with Gasteiger partial charge in [0.05, 0.1) is 5.69 Å². The Morgan fingerprint density at radius 2 is 1.95 bits per heavy atom. The summed E-state index contributed by atoms with van der Waals surface area (Å²) in [4.78, 5) is 0. The largest absolute Gasteiger partial charge is 0.489 e. The first-order chi connectivity index (χ1) is 7.99. The number of halogens is 2. The Labute approximate surface area is 127 Å². The number of benzene rings is 1. The van der Waals surface area contributed by atoms with E-state index in [1.54, 1.807) is 0 Å². The van der Waals surface area contributed by atoms with Gasteiger partial charge >= 0.3 is 0 Å². The van der Waals surface area contributed by atoms with Crippen molar-refractivity contribution in [2.75, 3.05) is 18.9 Å². The van der Waals surface area contributed by atoms with Gasteiger partial charge in [0.25, 0.3) is 0 Å². The molecule has 0 radical (unpaired) electrons. The van der Waals surface area contributed by atoms with E-state index in [9.17, 15) is 5.11 Å². The molecule has 0 saturated heterocycles. The van der Waals surface area contributed by atoms with E-state index in [0.717, 1.165) is 5.56 Å². The molecule has 0 aromatic heterocycles. The molecule has 1 atom stereocenters. The monoisotopic (exact) mass is 310 g/mol. The molecule has 0 aliphatic rings. The first kappa shape index (κ1) is 20.6. The van der Waals surface area contributed by atoms with Crippen LogP contribution in [0.3, 0.4) is 0 Å². The SMILES string of the molecule is Cc1ccc(N)c(OCC(O)CNC(C)C)c1.Cl.Cl. The van der Waals surface area contributed by atoms with Gasteiger partial charge in [0.15, 0.2) is 0 Å². The minimum absolute atomic E-state index is 0. The van der Waals surface area contributed by atoms with Crippen molar-refractivity contribution >= 4 is 30.5 Å². The molecule has 0 heterocycles. The number of ether oxygens (including phenoxy) is 1. The van der Waals surface area contributed by atoms with E-state index in [-0.39, 0.29) is 31.4 Å². The van der Waals surface area contributed by atoms with E-state index in [2.05, 4.69) is 5.32 Å². The highest BCUT2D eigenvalue weighted by molar-refractivity contribution is 5.85. The van der Waals surface area contributed by atoms with Gasteiger partial charge in [-0.3, -0.25) is 0 Å². The zero-order valence-corrected chi connectivity index (χ0v) is 13.2. The van der Waals surface area contributed by atoms with E-state index < -0.39 is 6.10 Å². The molecule has 0 aliphatic carbocycles. The highest BCUT2D eigenvalue weighted by atomic mass is 35.5. The van der Waals surface area contributed by atoms with Crippen LogP contribution in [0.5, 0.6) is 5.75 Å². The third-order valence-corrected chi connectivity index (χ3v) is 2.36. The Morgan fingerprint density at radius 1 is 1.32 bits per heavy atom. The predicted molar refractivity (Wildman–Crippen MR) is 84.7 cm³/mol. The summed E-state index contributed by atoms with van der Waals surface area (Å²) in [5.41, 5.74) is 7.46. The van der Waals surface area contributed by atoms with Crippen molar-refractivity contribution in [3.05, 3.63) is 23.8 Å². The van der Waals surface area contributed by atoms with Crippen LogP contribution in [0.25, 0.3) is 0 Å². The fraction of sp³-hybridized carbons (Fsp3) is 0.538. The van der Waals surface area contributed by atoms with Crippen LogP contribution in [-0.4, -0.2) is 30.4 Å². The van der Waals surface area contributed by atoms with Crippen molar-refractivity contribution in [2.24, 2.45) is 0 Å². The van der Waals surface area contributed by atoms with E-state index in [1.807, 2.05) is 39.0 Å². The van der Waals surface area contributed by atoms with Crippen LogP contribution in [0.1, 0.15) is 19.4 Å². The number of anilines is 1. The third-order valence-electron chi connectivity index (χ3n) is 2.36. The molecule has 4 N–H and O–H groups in total. The number of rotatable bonds is 6. The zero-order chi connectivity index (χ0) is 12.8. The number of hydrogen-bond donors (Lipinski definition) is 3.